The molecule has 10 heteroatoms. The van der Waals surface area contributed by atoms with Crippen molar-refractivity contribution in [3.8, 4) is 0 Å². The molecule has 1 aliphatic carbocycles. The second-order valence-corrected chi connectivity index (χ2v) is 7.84. The highest BCUT2D eigenvalue weighted by Gasteiger charge is 2.59. The number of hydrogen-bond donors (Lipinski definition) is 2. The second kappa shape index (κ2) is 7.33. The third-order valence-electron chi connectivity index (χ3n) is 5.29. The number of fused-ring (bicyclic) bond motifs is 1. The van der Waals surface area contributed by atoms with E-state index in [0.717, 1.165) is 6.07 Å². The number of rotatable bonds is 4. The zero-order chi connectivity index (χ0) is 20.8. The average Bonchev–Trinajstić information content (AvgIpc) is 2.65. The number of halogens is 4. The molecule has 0 radical (unpaired) electrons. The van der Waals surface area contributed by atoms with Crippen molar-refractivity contribution in [3.05, 3.63) is 58.1 Å². The second-order valence-electron chi connectivity index (χ2n) is 6.93. The number of amidine groups is 1. The summed E-state index contributed by atoms with van der Waals surface area (Å²) in [5, 5.41) is 2.56. The van der Waals surface area contributed by atoms with E-state index in [1.54, 1.807) is 6.07 Å². The van der Waals surface area contributed by atoms with Gasteiger partial charge in [-0.1, -0.05) is 0 Å². The Morgan fingerprint density at radius 1 is 1.31 bits per heavy atom. The largest absolute Gasteiger partial charge is 0.462 e. The van der Waals surface area contributed by atoms with Crippen molar-refractivity contribution in [2.75, 3.05) is 5.32 Å². The van der Waals surface area contributed by atoms with Gasteiger partial charge in [-0.15, -0.1) is 0 Å². The Balaban J connectivity index is 1.71. The van der Waals surface area contributed by atoms with Crippen LogP contribution in [0.15, 0.2) is 46.0 Å². The van der Waals surface area contributed by atoms with Gasteiger partial charge in [-0.05, 0) is 59.1 Å². The summed E-state index contributed by atoms with van der Waals surface area (Å²) in [4.78, 5) is 20.2. The van der Waals surface area contributed by atoms with Crippen molar-refractivity contribution < 1.29 is 22.7 Å². The first-order valence-electron chi connectivity index (χ1n) is 8.84. The van der Waals surface area contributed by atoms with E-state index in [9.17, 15) is 18.0 Å². The minimum absolute atomic E-state index is 0.120. The smallest absolute Gasteiger partial charge is 0.283 e. The predicted octanol–water partition coefficient (Wildman–Crippen LogP) is 3.82. The van der Waals surface area contributed by atoms with Gasteiger partial charge in [-0.2, -0.15) is 0 Å². The molecule has 3 atom stereocenters. The summed E-state index contributed by atoms with van der Waals surface area (Å²) >= 11 is 3.22. The van der Waals surface area contributed by atoms with Crippen molar-refractivity contribution in [1.82, 2.24) is 4.98 Å². The molecule has 3 unspecified atom stereocenters. The van der Waals surface area contributed by atoms with Crippen LogP contribution in [-0.2, 0) is 10.3 Å². The summed E-state index contributed by atoms with van der Waals surface area (Å²) in [5.74, 6) is -2.12. The number of amides is 1. The van der Waals surface area contributed by atoms with E-state index >= 15 is 0 Å². The number of nitrogens with one attached hydrogen (secondary N) is 1. The maximum absolute atomic E-state index is 14.7. The van der Waals surface area contributed by atoms with Gasteiger partial charge >= 0.3 is 0 Å². The monoisotopic (exact) mass is 468 g/mol. The van der Waals surface area contributed by atoms with Gasteiger partial charge in [0.1, 0.15) is 17.6 Å². The standard InChI is InChI=1S/C19H16BrF3N4O2/c20-9-1-5-14(25-8-9)16(28)26-10-2-4-13(21)12(7-10)19(17(22)23)11-3-6-15(11)29-18(24)27-19/h1-2,4-5,7-8,11,15,17H,3,6H2,(H2,24,27)(H,26,28). The van der Waals surface area contributed by atoms with Crippen LogP contribution in [0.3, 0.4) is 0 Å². The molecule has 2 heterocycles. The molecule has 0 bridgehead atoms. The molecule has 1 aromatic carbocycles. The third kappa shape index (κ3) is 3.35. The van der Waals surface area contributed by atoms with Crippen molar-refractivity contribution in [2.24, 2.45) is 16.6 Å². The minimum Gasteiger partial charge on any atom is -0.462 e. The summed E-state index contributed by atoms with van der Waals surface area (Å²) in [5.41, 5.74) is 3.40. The first kappa shape index (κ1) is 19.7. The molecule has 2 aliphatic rings. The molecule has 152 valence electrons. The number of carbonyl (C=O) groups is 1. The lowest BCUT2D eigenvalue weighted by Gasteiger charge is -2.50. The summed E-state index contributed by atoms with van der Waals surface area (Å²) in [6, 6.07) is 6.24. The van der Waals surface area contributed by atoms with Gasteiger partial charge in [0.05, 0.1) is 0 Å². The Morgan fingerprint density at radius 3 is 2.72 bits per heavy atom. The number of nitrogens with zero attached hydrogens (tertiary/aromatic N) is 2. The molecule has 1 amide bonds. The van der Waals surface area contributed by atoms with Gasteiger partial charge in [0.15, 0.2) is 5.54 Å². The van der Waals surface area contributed by atoms with E-state index in [2.05, 4.69) is 31.2 Å². The van der Waals surface area contributed by atoms with Crippen molar-refractivity contribution in [3.63, 3.8) is 0 Å². The lowest BCUT2D eigenvalue weighted by atomic mass is 9.65. The predicted molar refractivity (Wildman–Crippen MR) is 103 cm³/mol. The SMILES string of the molecule is NC1=NC(c2cc(NC(=O)c3ccc(Br)cn3)ccc2F)(C(F)F)C2CCC2O1. The Labute approximate surface area is 172 Å². The van der Waals surface area contributed by atoms with Crippen LogP contribution in [0.2, 0.25) is 0 Å². The Morgan fingerprint density at radius 2 is 2.10 bits per heavy atom. The molecule has 0 spiro atoms. The zero-order valence-electron chi connectivity index (χ0n) is 14.9. The number of hydrogen-bond acceptors (Lipinski definition) is 5. The van der Waals surface area contributed by atoms with E-state index in [-0.39, 0.29) is 23.0 Å². The summed E-state index contributed by atoms with van der Waals surface area (Å²) < 4.78 is 49.3. The fourth-order valence-corrected chi connectivity index (χ4v) is 4.00. The summed E-state index contributed by atoms with van der Waals surface area (Å²) in [6.45, 7) is 0. The lowest BCUT2D eigenvalue weighted by Crippen LogP contribution is -2.57. The van der Waals surface area contributed by atoms with Gasteiger partial charge in [0.25, 0.3) is 18.4 Å². The summed E-state index contributed by atoms with van der Waals surface area (Å²) in [6.07, 6.45) is -1.14. The molecule has 4 rings (SSSR count). The average molecular weight is 469 g/mol. The molecule has 1 aromatic heterocycles. The highest BCUT2D eigenvalue weighted by molar-refractivity contribution is 9.10. The molecule has 0 saturated heterocycles. The number of nitrogens with two attached hydrogens (primary N) is 1. The fraction of sp³-hybridized carbons (Fsp3) is 0.316. The van der Waals surface area contributed by atoms with Crippen molar-refractivity contribution >= 4 is 33.5 Å². The van der Waals surface area contributed by atoms with Crippen LogP contribution in [-0.4, -0.2) is 29.4 Å². The molecule has 6 nitrogen and oxygen atoms in total. The van der Waals surface area contributed by atoms with Gasteiger partial charge in [-0.25, -0.2) is 23.1 Å². The maximum Gasteiger partial charge on any atom is 0.283 e. The number of alkyl halides is 2. The molecule has 1 aliphatic heterocycles. The van der Waals surface area contributed by atoms with E-state index in [1.807, 2.05) is 0 Å². The van der Waals surface area contributed by atoms with Crippen LogP contribution in [0.5, 0.6) is 0 Å². The van der Waals surface area contributed by atoms with E-state index in [0.29, 0.717) is 17.3 Å². The maximum atomic E-state index is 14.7. The number of pyridine rings is 1. The molecule has 29 heavy (non-hydrogen) atoms. The molecule has 1 fully saturated rings. The lowest BCUT2D eigenvalue weighted by molar-refractivity contribution is -0.0949. The topological polar surface area (TPSA) is 89.6 Å². The zero-order valence-corrected chi connectivity index (χ0v) is 16.5. The molecular formula is C19H16BrF3N4O2. The highest BCUT2D eigenvalue weighted by Crippen LogP contribution is 2.53. The van der Waals surface area contributed by atoms with Crippen molar-refractivity contribution in [2.45, 2.75) is 30.9 Å². The van der Waals surface area contributed by atoms with E-state index in [1.165, 1.54) is 24.4 Å². The third-order valence-corrected chi connectivity index (χ3v) is 5.76. The number of aromatic nitrogens is 1. The first-order chi connectivity index (χ1) is 13.8. The number of ether oxygens (including phenoxy) is 1. The van der Waals surface area contributed by atoms with Crippen molar-refractivity contribution in [1.29, 1.82) is 0 Å². The van der Waals surface area contributed by atoms with E-state index < -0.39 is 35.7 Å². The number of anilines is 1. The first-order valence-corrected chi connectivity index (χ1v) is 9.63. The van der Waals surface area contributed by atoms with Gasteiger partial charge in [0.2, 0.25) is 0 Å². The minimum atomic E-state index is -3.01. The molecule has 2 aromatic rings. The normalized spacial score (nSPS) is 25.5. The van der Waals surface area contributed by atoms with Gasteiger partial charge in [-0.3, -0.25) is 4.79 Å². The number of benzene rings is 1. The Hall–Kier alpha value is -2.62. The fourth-order valence-electron chi connectivity index (χ4n) is 3.76. The van der Waals surface area contributed by atoms with Crippen LogP contribution in [0.1, 0.15) is 28.9 Å². The van der Waals surface area contributed by atoms with Crippen LogP contribution >= 0.6 is 15.9 Å². The molecule has 1 saturated carbocycles. The van der Waals surface area contributed by atoms with Gasteiger partial charge < -0.3 is 15.8 Å². The Kier molecular flexibility index (Phi) is 4.97. The molecular weight excluding hydrogens is 453 g/mol. The van der Waals surface area contributed by atoms with Gasteiger partial charge in [0, 0.05) is 27.8 Å². The molecule has 3 N–H and O–H groups in total. The number of aliphatic imine (C=N–C) groups is 1. The highest BCUT2D eigenvalue weighted by atomic mass is 79.9. The van der Waals surface area contributed by atoms with Crippen LogP contribution in [0.25, 0.3) is 0 Å². The van der Waals surface area contributed by atoms with Crippen LogP contribution in [0, 0.1) is 11.7 Å². The quantitative estimate of drug-likeness (QED) is 0.713. The Bertz CT molecular complexity index is 986. The van der Waals surface area contributed by atoms with Crippen LogP contribution < -0.4 is 11.1 Å². The summed E-state index contributed by atoms with van der Waals surface area (Å²) in [7, 11) is 0. The van der Waals surface area contributed by atoms with E-state index in [4.69, 9.17) is 10.5 Å². The van der Waals surface area contributed by atoms with Crippen LogP contribution in [0.4, 0.5) is 18.9 Å². The number of carbonyl (C=O) groups excluding carboxylic acids is 1.